The molecule has 0 saturated carbocycles. The third-order valence-corrected chi connectivity index (χ3v) is 0. The van der Waals surface area contributed by atoms with Gasteiger partial charge in [0.25, 0.3) is 0 Å². The maximum atomic E-state index is 8.52. The summed E-state index contributed by atoms with van der Waals surface area (Å²) < 4.78 is 25.6. The number of hydrogen-bond donors (Lipinski definition) is 0. The fraction of sp³-hybridized carbons (Fsp3) is 0. The van der Waals surface area contributed by atoms with Crippen LogP contribution in [0.4, 0.5) is 0 Å². The molecule has 0 saturated heterocycles. The summed E-state index contributed by atoms with van der Waals surface area (Å²) in [7, 11) is -10.9. The maximum Gasteiger partial charge on any atom is 3.00 e. The van der Waals surface area contributed by atoms with E-state index in [9.17, 15) is 0 Å². The van der Waals surface area contributed by atoms with Crippen molar-refractivity contribution in [2.24, 2.45) is 0 Å². The Morgan fingerprint density at radius 1 is 0.533 bits per heavy atom. The standard InChI is InChI=1S/2Al.3H3O3P.H2O/c;;3*1-4(2)3;/h;;3*4H,(H2,1,2,3);1H2/q2*+3;;;;/p-6. The molecule has 0 unspecified atom stereocenters. The Morgan fingerprint density at radius 3 is 0.533 bits per heavy atom. The minimum Gasteiger partial charge on any atom is -0.813 e. The van der Waals surface area contributed by atoms with E-state index in [1.165, 1.54) is 0 Å². The topological polar surface area (TPSA) is 221 Å². The normalized spacial score (nSPS) is 7.00. The summed E-state index contributed by atoms with van der Waals surface area (Å²) in [5, 5.41) is 0. The molecule has 86 valence electrons. The Hall–Kier alpha value is 1.47. The average Bonchev–Trinajstić information content (AvgIpc) is 1.54. The van der Waals surface area contributed by atoms with E-state index in [-0.39, 0.29) is 40.2 Å². The molecule has 15 heteroatoms. The van der Waals surface area contributed by atoms with E-state index in [0.29, 0.717) is 0 Å². The molecular formula is H5Al2O10P3. The minimum absolute atomic E-state index is 0. The Bertz CT molecular complexity index is 116. The summed E-state index contributed by atoms with van der Waals surface area (Å²) in [6.07, 6.45) is 0. The van der Waals surface area contributed by atoms with Crippen molar-refractivity contribution >= 4 is 59.5 Å². The second-order valence-electron chi connectivity index (χ2n) is 0.750. The first-order valence-corrected chi connectivity index (χ1v) is 5.51. The third-order valence-electron chi connectivity index (χ3n) is 0. The molecule has 0 aromatic heterocycles. The third kappa shape index (κ3) is 1290. The first kappa shape index (κ1) is 36.0. The van der Waals surface area contributed by atoms with E-state index < -0.39 is 24.8 Å². The first-order valence-electron chi connectivity index (χ1n) is 1.84. The fourth-order valence-electron chi connectivity index (χ4n) is 0. The monoisotopic (exact) mass is 312 g/mol. The van der Waals surface area contributed by atoms with Gasteiger partial charge in [-0.15, -0.1) is 0 Å². The molecular weight excluding hydrogens is 307 g/mol. The van der Waals surface area contributed by atoms with Gasteiger partial charge in [0, 0.05) is 0 Å². The summed E-state index contributed by atoms with van der Waals surface area (Å²) >= 11 is 0. The molecule has 0 rings (SSSR count). The number of hydrogen-bond acceptors (Lipinski definition) is 9. The van der Waals surface area contributed by atoms with Gasteiger partial charge in [0.15, 0.2) is 0 Å². The second-order valence-corrected chi connectivity index (χ2v) is 2.25. The SMILES string of the molecule is O.O=[PH]([O-])[O-].O=[PH]([O-])[O-].O=[PH]([O-])[O-].[Al+3].[Al+3]. The van der Waals surface area contributed by atoms with E-state index in [0.717, 1.165) is 0 Å². The van der Waals surface area contributed by atoms with Crippen molar-refractivity contribution in [1.29, 1.82) is 0 Å². The van der Waals surface area contributed by atoms with Crippen molar-refractivity contribution in [1.82, 2.24) is 0 Å². The van der Waals surface area contributed by atoms with Crippen LogP contribution in [-0.4, -0.2) is 40.2 Å². The van der Waals surface area contributed by atoms with E-state index >= 15 is 0 Å². The summed E-state index contributed by atoms with van der Waals surface area (Å²) in [5.41, 5.74) is 0. The Balaban J connectivity index is -0.0000000184. The van der Waals surface area contributed by atoms with Gasteiger partial charge in [0.1, 0.15) is 0 Å². The molecule has 0 aliphatic rings. The Labute approximate surface area is 108 Å². The second kappa shape index (κ2) is 29.6. The molecule has 10 nitrogen and oxygen atoms in total. The van der Waals surface area contributed by atoms with Crippen LogP contribution in [0.5, 0.6) is 0 Å². The van der Waals surface area contributed by atoms with Gasteiger partial charge in [-0.1, -0.05) is 24.8 Å². The molecule has 0 aliphatic heterocycles. The van der Waals surface area contributed by atoms with Crippen molar-refractivity contribution in [3.63, 3.8) is 0 Å². The van der Waals surface area contributed by atoms with Crippen LogP contribution in [0.2, 0.25) is 0 Å². The van der Waals surface area contributed by atoms with Gasteiger partial charge < -0.3 is 48.5 Å². The molecule has 0 atom stereocenters. The van der Waals surface area contributed by atoms with Crippen molar-refractivity contribution in [2.75, 3.05) is 0 Å². The van der Waals surface area contributed by atoms with E-state index in [4.69, 9.17) is 43.1 Å². The molecule has 0 spiro atoms. The van der Waals surface area contributed by atoms with Crippen LogP contribution in [0.15, 0.2) is 0 Å². The van der Waals surface area contributed by atoms with E-state index in [1.807, 2.05) is 0 Å². The van der Waals surface area contributed by atoms with Crippen molar-refractivity contribution in [3.05, 3.63) is 0 Å². The average molecular weight is 312 g/mol. The maximum absolute atomic E-state index is 8.52. The molecule has 0 radical (unpaired) electrons. The zero-order valence-electron chi connectivity index (χ0n) is 6.83. The van der Waals surface area contributed by atoms with E-state index in [2.05, 4.69) is 0 Å². The molecule has 0 amide bonds. The summed E-state index contributed by atoms with van der Waals surface area (Å²) in [6.45, 7) is 0. The van der Waals surface area contributed by atoms with Gasteiger partial charge in [-0.05, 0) is 0 Å². The van der Waals surface area contributed by atoms with Crippen molar-refractivity contribution < 1.29 is 48.5 Å². The summed E-state index contributed by atoms with van der Waals surface area (Å²) in [5.74, 6) is 0. The zero-order valence-corrected chi connectivity index (χ0v) is 12.1. The van der Waals surface area contributed by atoms with Gasteiger partial charge in [-0.2, -0.15) is 0 Å². The van der Waals surface area contributed by atoms with Gasteiger partial charge in [0.05, 0.1) is 0 Å². The van der Waals surface area contributed by atoms with Crippen LogP contribution in [0.25, 0.3) is 0 Å². The van der Waals surface area contributed by atoms with Crippen molar-refractivity contribution in [3.8, 4) is 0 Å². The smallest absolute Gasteiger partial charge is 0.813 e. The predicted octanol–water partition coefficient (Wildman–Crippen LogP) is -7.30. The van der Waals surface area contributed by atoms with Crippen LogP contribution in [-0.2, 0) is 13.7 Å². The molecule has 0 aliphatic carbocycles. The minimum atomic E-state index is -3.63. The molecule has 0 aromatic carbocycles. The van der Waals surface area contributed by atoms with Gasteiger partial charge >= 0.3 is 34.7 Å². The largest absolute Gasteiger partial charge is 3.00 e. The molecule has 0 fully saturated rings. The van der Waals surface area contributed by atoms with Crippen molar-refractivity contribution in [2.45, 2.75) is 0 Å². The Kier molecular flexibility index (Phi) is 70.8. The molecule has 0 bridgehead atoms. The molecule has 2 N–H and O–H groups in total. The van der Waals surface area contributed by atoms with Crippen LogP contribution in [0.1, 0.15) is 0 Å². The molecule has 0 heterocycles. The summed E-state index contributed by atoms with van der Waals surface area (Å²) in [6, 6.07) is 0. The molecule has 15 heavy (non-hydrogen) atoms. The zero-order chi connectivity index (χ0) is 10.7. The van der Waals surface area contributed by atoms with Crippen LogP contribution in [0.3, 0.4) is 0 Å². The predicted molar refractivity (Wildman–Crippen MR) is 42.1 cm³/mol. The first-order chi connectivity index (χ1) is 5.20. The van der Waals surface area contributed by atoms with Gasteiger partial charge in [-0.3, -0.25) is 0 Å². The van der Waals surface area contributed by atoms with Crippen LogP contribution < -0.4 is 29.4 Å². The van der Waals surface area contributed by atoms with E-state index in [1.54, 1.807) is 0 Å². The van der Waals surface area contributed by atoms with Gasteiger partial charge in [0.2, 0.25) is 0 Å². The summed E-state index contributed by atoms with van der Waals surface area (Å²) in [4.78, 5) is 51.1. The van der Waals surface area contributed by atoms with Crippen LogP contribution >= 0.6 is 24.8 Å². The van der Waals surface area contributed by atoms with Crippen LogP contribution in [0, 0.1) is 0 Å². The number of rotatable bonds is 0. The molecule has 0 aromatic rings. The Morgan fingerprint density at radius 2 is 0.533 bits per heavy atom. The van der Waals surface area contributed by atoms with Gasteiger partial charge in [-0.25, -0.2) is 0 Å². The quantitative estimate of drug-likeness (QED) is 0.305. The fourth-order valence-corrected chi connectivity index (χ4v) is 0.